The van der Waals surface area contributed by atoms with E-state index in [2.05, 4.69) is 31.5 Å². The normalized spacial score (nSPS) is 13.1. The monoisotopic (exact) mass is 565 g/mol. The van der Waals surface area contributed by atoms with E-state index >= 15 is 0 Å². The van der Waals surface area contributed by atoms with Gasteiger partial charge in [-0.2, -0.15) is 0 Å². The first-order valence-electron chi connectivity index (χ1n) is 11.2. The number of nitro groups is 1. The number of hydrogen-bond acceptors (Lipinski definition) is 7. The molecule has 2 N–H and O–H groups in total. The van der Waals surface area contributed by atoms with Gasteiger partial charge in [-0.05, 0) is 83.5 Å². The van der Waals surface area contributed by atoms with Gasteiger partial charge in [0.05, 0.1) is 10.5 Å². The molecule has 36 heavy (non-hydrogen) atoms. The molecule has 3 aromatic carbocycles. The van der Waals surface area contributed by atoms with Crippen molar-refractivity contribution >= 4 is 67.3 Å². The maximum absolute atomic E-state index is 12.8. The molecular formula is C25H20BrN5O4S. The number of carbonyl (C=O) groups excluding carboxylic acids is 1. The number of anilines is 2. The summed E-state index contributed by atoms with van der Waals surface area (Å²) in [6.45, 7) is 1.53. The number of nitrogens with zero attached hydrogens (tertiary/aromatic N) is 3. The summed E-state index contributed by atoms with van der Waals surface area (Å²) in [6, 6.07) is 17.4. The van der Waals surface area contributed by atoms with Crippen LogP contribution in [0, 0.1) is 10.1 Å². The van der Waals surface area contributed by atoms with Crippen molar-refractivity contribution in [3.63, 3.8) is 0 Å². The van der Waals surface area contributed by atoms with E-state index < -0.39 is 10.8 Å². The van der Waals surface area contributed by atoms with Gasteiger partial charge in [-0.3, -0.25) is 20.2 Å². The fourth-order valence-corrected chi connectivity index (χ4v) is 4.79. The highest BCUT2D eigenvalue weighted by molar-refractivity contribution is 9.10. The highest BCUT2D eigenvalue weighted by Crippen LogP contribution is 2.32. The van der Waals surface area contributed by atoms with Gasteiger partial charge in [0.25, 0.3) is 11.6 Å². The second-order valence-corrected chi connectivity index (χ2v) is 9.51. The standard InChI is InChI=1S/C25H20BrN5O4S/c26-18-6-2-1-5-17(18)24-28-19-14-16(8-10-22(19)35-24)27-25(36)29-23(32)15-7-9-20(21(13-15)31(33)34)30-11-3-4-12-30/h1-2,5-10,13-14H,3-4,11-12H2,(H2,27,29,32,36). The first-order chi connectivity index (χ1) is 17.4. The number of fused-ring (bicyclic) bond motifs is 1. The number of nitro benzene ring substituents is 1. The third kappa shape index (κ3) is 4.93. The lowest BCUT2D eigenvalue weighted by Crippen LogP contribution is -2.34. The second-order valence-electron chi connectivity index (χ2n) is 8.24. The summed E-state index contributed by atoms with van der Waals surface area (Å²) in [5, 5.41) is 17.2. The van der Waals surface area contributed by atoms with Crippen LogP contribution in [0.4, 0.5) is 17.1 Å². The van der Waals surface area contributed by atoms with Crippen LogP contribution in [-0.4, -0.2) is 34.0 Å². The smallest absolute Gasteiger partial charge is 0.293 e. The van der Waals surface area contributed by atoms with Crippen molar-refractivity contribution in [1.29, 1.82) is 0 Å². The Morgan fingerprint density at radius 2 is 1.89 bits per heavy atom. The Morgan fingerprint density at radius 3 is 2.64 bits per heavy atom. The molecule has 2 heterocycles. The van der Waals surface area contributed by atoms with E-state index in [4.69, 9.17) is 16.6 Å². The summed E-state index contributed by atoms with van der Waals surface area (Å²) in [6.07, 6.45) is 1.98. The molecule has 11 heteroatoms. The SMILES string of the molecule is O=C(NC(=S)Nc1ccc2oc(-c3ccccc3Br)nc2c1)c1ccc(N2CCCC2)c([N+](=O)[O-])c1. The van der Waals surface area contributed by atoms with Gasteiger partial charge in [0.15, 0.2) is 10.7 Å². The zero-order chi connectivity index (χ0) is 25.2. The minimum absolute atomic E-state index is 0.0557. The molecule has 1 fully saturated rings. The van der Waals surface area contributed by atoms with Crippen LogP contribution in [0.3, 0.4) is 0 Å². The molecule has 9 nitrogen and oxygen atoms in total. The van der Waals surface area contributed by atoms with Crippen LogP contribution in [0.5, 0.6) is 0 Å². The molecule has 0 bridgehead atoms. The molecule has 0 atom stereocenters. The lowest BCUT2D eigenvalue weighted by molar-refractivity contribution is -0.384. The third-order valence-electron chi connectivity index (χ3n) is 5.86. The van der Waals surface area contributed by atoms with Crippen molar-refractivity contribution < 1.29 is 14.1 Å². The molecule has 0 radical (unpaired) electrons. The Labute approximate surface area is 219 Å². The number of rotatable bonds is 5. The Bertz CT molecular complexity index is 1500. The van der Waals surface area contributed by atoms with Crippen molar-refractivity contribution in [1.82, 2.24) is 10.3 Å². The summed E-state index contributed by atoms with van der Waals surface area (Å²) in [5.41, 5.74) is 3.24. The van der Waals surface area contributed by atoms with Crippen LogP contribution in [-0.2, 0) is 0 Å². The van der Waals surface area contributed by atoms with Gasteiger partial charge in [0.1, 0.15) is 11.2 Å². The minimum atomic E-state index is -0.540. The number of amides is 1. The number of hydrogen-bond donors (Lipinski definition) is 2. The fourth-order valence-electron chi connectivity index (χ4n) is 4.13. The Kier molecular flexibility index (Phi) is 6.66. The lowest BCUT2D eigenvalue weighted by atomic mass is 10.1. The maximum atomic E-state index is 12.8. The van der Waals surface area contributed by atoms with E-state index in [1.54, 1.807) is 30.3 Å². The zero-order valence-electron chi connectivity index (χ0n) is 18.9. The van der Waals surface area contributed by atoms with E-state index in [9.17, 15) is 14.9 Å². The fraction of sp³-hybridized carbons (Fsp3) is 0.160. The molecule has 1 aromatic heterocycles. The first-order valence-corrected chi connectivity index (χ1v) is 12.4. The minimum Gasteiger partial charge on any atom is -0.436 e. The number of thiocarbonyl (C=S) groups is 1. The van der Waals surface area contributed by atoms with Crippen molar-refractivity contribution in [2.24, 2.45) is 0 Å². The van der Waals surface area contributed by atoms with Crippen molar-refractivity contribution in [2.75, 3.05) is 23.3 Å². The molecule has 0 saturated carbocycles. The summed E-state index contributed by atoms with van der Waals surface area (Å²) in [5.74, 6) is -0.0632. The number of aromatic nitrogens is 1. The summed E-state index contributed by atoms with van der Waals surface area (Å²) >= 11 is 8.80. The predicted octanol–water partition coefficient (Wildman–Crippen LogP) is 5.89. The van der Waals surface area contributed by atoms with E-state index in [-0.39, 0.29) is 16.4 Å². The van der Waals surface area contributed by atoms with Gasteiger partial charge in [0, 0.05) is 34.9 Å². The molecular weight excluding hydrogens is 546 g/mol. The quantitative estimate of drug-likeness (QED) is 0.175. The largest absolute Gasteiger partial charge is 0.436 e. The van der Waals surface area contributed by atoms with Crippen LogP contribution in [0.1, 0.15) is 23.2 Å². The molecule has 1 aliphatic rings. The Hall–Kier alpha value is -3.83. The zero-order valence-corrected chi connectivity index (χ0v) is 21.3. The summed E-state index contributed by atoms with van der Waals surface area (Å²) < 4.78 is 6.73. The molecule has 1 saturated heterocycles. The molecule has 0 aliphatic carbocycles. The van der Waals surface area contributed by atoms with E-state index in [1.165, 1.54) is 6.07 Å². The predicted molar refractivity (Wildman–Crippen MR) is 145 cm³/mol. The number of carbonyl (C=O) groups is 1. The molecule has 0 unspecified atom stereocenters. The van der Waals surface area contributed by atoms with Crippen LogP contribution in [0.25, 0.3) is 22.6 Å². The highest BCUT2D eigenvalue weighted by atomic mass is 79.9. The van der Waals surface area contributed by atoms with E-state index in [1.807, 2.05) is 29.2 Å². The summed E-state index contributed by atoms with van der Waals surface area (Å²) in [4.78, 5) is 30.4. The molecule has 1 aliphatic heterocycles. The van der Waals surface area contributed by atoms with E-state index in [0.29, 0.717) is 28.4 Å². The third-order valence-corrected chi connectivity index (χ3v) is 6.75. The van der Waals surface area contributed by atoms with Gasteiger partial charge in [-0.1, -0.05) is 12.1 Å². The van der Waals surface area contributed by atoms with Crippen LogP contribution in [0.15, 0.2) is 69.6 Å². The van der Waals surface area contributed by atoms with Crippen LogP contribution in [0.2, 0.25) is 0 Å². The van der Waals surface area contributed by atoms with Crippen LogP contribution < -0.4 is 15.5 Å². The highest BCUT2D eigenvalue weighted by Gasteiger charge is 2.24. The van der Waals surface area contributed by atoms with Gasteiger partial charge >= 0.3 is 0 Å². The van der Waals surface area contributed by atoms with Crippen molar-refractivity contribution in [3.8, 4) is 11.5 Å². The average molecular weight is 566 g/mol. The molecule has 182 valence electrons. The van der Waals surface area contributed by atoms with Crippen LogP contribution >= 0.6 is 28.1 Å². The number of benzene rings is 3. The second kappa shape index (κ2) is 10.0. The molecule has 1 amide bonds. The average Bonchev–Trinajstić information content (AvgIpc) is 3.54. The Morgan fingerprint density at radius 1 is 1.11 bits per heavy atom. The first kappa shape index (κ1) is 23.9. The molecule has 4 aromatic rings. The maximum Gasteiger partial charge on any atom is 0.293 e. The van der Waals surface area contributed by atoms with Gasteiger partial charge in [-0.15, -0.1) is 0 Å². The van der Waals surface area contributed by atoms with Gasteiger partial charge in [0.2, 0.25) is 5.89 Å². The van der Waals surface area contributed by atoms with Gasteiger partial charge in [-0.25, -0.2) is 4.98 Å². The number of nitrogens with one attached hydrogen (secondary N) is 2. The molecule has 0 spiro atoms. The van der Waals surface area contributed by atoms with Crippen molar-refractivity contribution in [3.05, 3.63) is 80.8 Å². The number of oxazole rings is 1. The van der Waals surface area contributed by atoms with Gasteiger partial charge < -0.3 is 14.6 Å². The lowest BCUT2D eigenvalue weighted by Gasteiger charge is -2.18. The van der Waals surface area contributed by atoms with Crippen molar-refractivity contribution in [2.45, 2.75) is 12.8 Å². The molecule has 5 rings (SSSR count). The Balaban J connectivity index is 1.29. The topological polar surface area (TPSA) is 114 Å². The van der Waals surface area contributed by atoms with E-state index in [0.717, 1.165) is 36.0 Å². The summed E-state index contributed by atoms with van der Waals surface area (Å²) in [7, 11) is 0. The number of halogens is 1.